The molecule has 2 rings (SSSR count). The van der Waals surface area contributed by atoms with Crippen LogP contribution in [0.1, 0.15) is 32.3 Å². The maximum atomic E-state index is 12.2. The van der Waals surface area contributed by atoms with Crippen molar-refractivity contribution in [3.8, 4) is 0 Å². The van der Waals surface area contributed by atoms with E-state index in [0.717, 1.165) is 25.8 Å². The third kappa shape index (κ3) is 4.31. The molecular formula is C17H25N3O2. The Labute approximate surface area is 132 Å². The average Bonchev–Trinajstić information content (AvgIpc) is 2.95. The van der Waals surface area contributed by atoms with Crippen LogP contribution in [0.5, 0.6) is 0 Å². The molecule has 1 aromatic rings. The highest BCUT2D eigenvalue weighted by molar-refractivity contribution is 5.96. The van der Waals surface area contributed by atoms with Crippen LogP contribution >= 0.6 is 0 Å². The van der Waals surface area contributed by atoms with Crippen molar-refractivity contribution >= 4 is 11.9 Å². The Balaban J connectivity index is 1.94. The Bertz CT molecular complexity index is 504. The smallest absolute Gasteiger partial charge is 0.321 e. The van der Waals surface area contributed by atoms with Crippen molar-refractivity contribution in [1.29, 1.82) is 0 Å². The van der Waals surface area contributed by atoms with Crippen LogP contribution in [0.15, 0.2) is 30.3 Å². The summed E-state index contributed by atoms with van der Waals surface area (Å²) in [6.07, 6.45) is 3.13. The van der Waals surface area contributed by atoms with Gasteiger partial charge in [-0.15, -0.1) is 0 Å². The molecule has 2 unspecified atom stereocenters. The van der Waals surface area contributed by atoms with Gasteiger partial charge in [0.1, 0.15) is 0 Å². The third-order valence-corrected chi connectivity index (χ3v) is 4.19. The number of hydrogen-bond donors (Lipinski definition) is 2. The molecule has 22 heavy (non-hydrogen) atoms. The maximum Gasteiger partial charge on any atom is 0.321 e. The lowest BCUT2D eigenvalue weighted by Crippen LogP contribution is -2.51. The molecule has 1 aromatic carbocycles. The molecule has 0 spiro atoms. The number of carbonyl (C=O) groups excluding carboxylic acids is 2. The van der Waals surface area contributed by atoms with E-state index in [9.17, 15) is 9.59 Å². The number of nitrogens with one attached hydrogen (secondary N) is 2. The molecule has 2 N–H and O–H groups in total. The minimum Gasteiger partial charge on any atom is -0.338 e. The molecule has 0 radical (unpaired) electrons. The van der Waals surface area contributed by atoms with Gasteiger partial charge in [-0.3, -0.25) is 15.0 Å². The van der Waals surface area contributed by atoms with Crippen LogP contribution in [-0.4, -0.2) is 42.0 Å². The minimum absolute atomic E-state index is 0.231. The van der Waals surface area contributed by atoms with Crippen molar-refractivity contribution in [2.75, 3.05) is 13.1 Å². The van der Waals surface area contributed by atoms with Gasteiger partial charge in [0.15, 0.2) is 0 Å². The standard InChI is InChI=1S/C17H25N3O2/c1-3-18-17(22)19-16(21)13(2)20-11-7-10-15(20)12-14-8-5-4-6-9-14/h4-6,8-9,13,15H,3,7,10-12H2,1-2H3,(H2,18,19,21,22). The molecule has 0 aliphatic carbocycles. The molecule has 1 saturated heterocycles. The topological polar surface area (TPSA) is 61.4 Å². The molecule has 0 bridgehead atoms. The van der Waals surface area contributed by atoms with E-state index in [-0.39, 0.29) is 11.9 Å². The summed E-state index contributed by atoms with van der Waals surface area (Å²) in [7, 11) is 0. The SMILES string of the molecule is CCNC(=O)NC(=O)C(C)N1CCCC1Cc1ccccc1. The summed E-state index contributed by atoms with van der Waals surface area (Å²) >= 11 is 0. The fraction of sp³-hybridized carbons (Fsp3) is 0.529. The van der Waals surface area contributed by atoms with Crippen LogP contribution < -0.4 is 10.6 Å². The normalized spacial score (nSPS) is 19.6. The van der Waals surface area contributed by atoms with Crippen LogP contribution in [0.2, 0.25) is 0 Å². The number of amides is 3. The number of carbonyl (C=O) groups is 2. The lowest BCUT2D eigenvalue weighted by atomic mass is 10.0. The molecule has 2 atom stereocenters. The van der Waals surface area contributed by atoms with E-state index in [1.807, 2.05) is 32.0 Å². The zero-order valence-electron chi connectivity index (χ0n) is 13.3. The van der Waals surface area contributed by atoms with Crippen molar-refractivity contribution in [1.82, 2.24) is 15.5 Å². The Morgan fingerprint density at radius 2 is 2.05 bits per heavy atom. The van der Waals surface area contributed by atoms with Gasteiger partial charge in [-0.1, -0.05) is 30.3 Å². The number of imide groups is 1. The van der Waals surface area contributed by atoms with E-state index in [1.54, 1.807) is 0 Å². The fourth-order valence-corrected chi connectivity index (χ4v) is 3.04. The Morgan fingerprint density at radius 3 is 2.73 bits per heavy atom. The van der Waals surface area contributed by atoms with Gasteiger partial charge >= 0.3 is 6.03 Å². The van der Waals surface area contributed by atoms with E-state index >= 15 is 0 Å². The van der Waals surface area contributed by atoms with Crippen molar-refractivity contribution in [2.24, 2.45) is 0 Å². The second-order valence-corrected chi connectivity index (χ2v) is 5.75. The van der Waals surface area contributed by atoms with E-state index < -0.39 is 6.03 Å². The monoisotopic (exact) mass is 303 g/mol. The first kappa shape index (κ1) is 16.5. The van der Waals surface area contributed by atoms with Gasteiger partial charge < -0.3 is 5.32 Å². The predicted molar refractivity (Wildman–Crippen MR) is 86.6 cm³/mol. The Morgan fingerprint density at radius 1 is 1.32 bits per heavy atom. The van der Waals surface area contributed by atoms with Crippen LogP contribution in [0, 0.1) is 0 Å². The summed E-state index contributed by atoms with van der Waals surface area (Å²) in [6.45, 7) is 5.11. The summed E-state index contributed by atoms with van der Waals surface area (Å²) in [5, 5.41) is 4.99. The lowest BCUT2D eigenvalue weighted by molar-refractivity contribution is -0.125. The molecule has 1 fully saturated rings. The second-order valence-electron chi connectivity index (χ2n) is 5.75. The molecule has 0 aromatic heterocycles. The van der Waals surface area contributed by atoms with E-state index in [2.05, 4.69) is 27.7 Å². The molecule has 5 nitrogen and oxygen atoms in total. The van der Waals surface area contributed by atoms with Crippen LogP contribution in [0.25, 0.3) is 0 Å². The van der Waals surface area contributed by atoms with Crippen LogP contribution in [0.3, 0.4) is 0 Å². The predicted octanol–water partition coefficient (Wildman–Crippen LogP) is 1.93. The molecule has 1 aliphatic heterocycles. The molecule has 3 amide bonds. The quantitative estimate of drug-likeness (QED) is 0.874. The summed E-state index contributed by atoms with van der Waals surface area (Å²) < 4.78 is 0. The van der Waals surface area contributed by atoms with Gasteiger partial charge in [-0.25, -0.2) is 4.79 Å². The van der Waals surface area contributed by atoms with Crippen molar-refractivity contribution in [2.45, 2.75) is 45.2 Å². The summed E-state index contributed by atoms with van der Waals surface area (Å²) in [5.41, 5.74) is 1.29. The molecule has 1 aliphatic rings. The number of hydrogen-bond acceptors (Lipinski definition) is 3. The van der Waals surface area contributed by atoms with Gasteiger partial charge in [0.2, 0.25) is 5.91 Å². The molecule has 0 saturated carbocycles. The molecule has 5 heteroatoms. The number of benzene rings is 1. The van der Waals surface area contributed by atoms with Crippen molar-refractivity contribution < 1.29 is 9.59 Å². The average molecular weight is 303 g/mol. The van der Waals surface area contributed by atoms with Crippen LogP contribution in [0.4, 0.5) is 4.79 Å². The molecular weight excluding hydrogens is 278 g/mol. The Hall–Kier alpha value is -1.88. The van der Waals surface area contributed by atoms with Gasteiger partial charge in [0.05, 0.1) is 6.04 Å². The van der Waals surface area contributed by atoms with Gasteiger partial charge in [0, 0.05) is 12.6 Å². The Kier molecular flexibility index (Phi) is 5.95. The van der Waals surface area contributed by atoms with E-state index in [4.69, 9.17) is 0 Å². The third-order valence-electron chi connectivity index (χ3n) is 4.19. The highest BCUT2D eigenvalue weighted by Gasteiger charge is 2.32. The van der Waals surface area contributed by atoms with Crippen molar-refractivity contribution in [3.05, 3.63) is 35.9 Å². The number of rotatable bonds is 5. The zero-order valence-corrected chi connectivity index (χ0v) is 13.3. The van der Waals surface area contributed by atoms with Crippen molar-refractivity contribution in [3.63, 3.8) is 0 Å². The molecule has 1 heterocycles. The van der Waals surface area contributed by atoms with Gasteiger partial charge in [0.25, 0.3) is 0 Å². The van der Waals surface area contributed by atoms with Gasteiger partial charge in [-0.2, -0.15) is 0 Å². The highest BCUT2D eigenvalue weighted by Crippen LogP contribution is 2.23. The number of likely N-dealkylation sites (tertiary alicyclic amines) is 1. The fourth-order valence-electron chi connectivity index (χ4n) is 3.04. The highest BCUT2D eigenvalue weighted by atomic mass is 16.2. The first-order valence-electron chi connectivity index (χ1n) is 8.00. The first-order valence-corrected chi connectivity index (χ1v) is 8.00. The van der Waals surface area contributed by atoms with E-state index in [0.29, 0.717) is 12.6 Å². The maximum absolute atomic E-state index is 12.2. The second kappa shape index (κ2) is 7.94. The summed E-state index contributed by atoms with van der Waals surface area (Å²) in [4.78, 5) is 25.9. The number of urea groups is 1. The molecule has 120 valence electrons. The minimum atomic E-state index is -0.418. The van der Waals surface area contributed by atoms with E-state index in [1.165, 1.54) is 5.56 Å². The largest absolute Gasteiger partial charge is 0.338 e. The zero-order chi connectivity index (χ0) is 15.9. The lowest BCUT2D eigenvalue weighted by Gasteiger charge is -2.29. The summed E-state index contributed by atoms with van der Waals surface area (Å²) in [6, 6.07) is 9.98. The van der Waals surface area contributed by atoms with Crippen LogP contribution in [-0.2, 0) is 11.2 Å². The first-order chi connectivity index (χ1) is 10.6. The number of nitrogens with zero attached hydrogens (tertiary/aromatic N) is 1. The van der Waals surface area contributed by atoms with Gasteiger partial charge in [-0.05, 0) is 45.2 Å². The summed E-state index contributed by atoms with van der Waals surface area (Å²) in [5.74, 6) is -0.231.